The van der Waals surface area contributed by atoms with E-state index in [1.165, 1.54) is 30.1 Å². The van der Waals surface area contributed by atoms with Crippen molar-refractivity contribution in [3.63, 3.8) is 0 Å². The Morgan fingerprint density at radius 1 is 1.04 bits per heavy atom. The average Bonchev–Trinajstić information content (AvgIpc) is 3.36. The van der Waals surface area contributed by atoms with Crippen LogP contribution in [0.4, 0.5) is 10.2 Å². The first kappa shape index (κ1) is 18.0. The fourth-order valence-electron chi connectivity index (χ4n) is 2.77. The Morgan fingerprint density at radius 2 is 1.79 bits per heavy atom. The van der Waals surface area contributed by atoms with Crippen molar-refractivity contribution < 1.29 is 9.18 Å². The van der Waals surface area contributed by atoms with Crippen molar-refractivity contribution in [1.82, 2.24) is 19.3 Å². The fraction of sp³-hybridized carbons (Fsp3) is 0.0500. The molecule has 0 fully saturated rings. The normalized spacial score (nSPS) is 10.8. The molecule has 0 atom stereocenters. The van der Waals surface area contributed by atoms with E-state index in [1.54, 1.807) is 33.6 Å². The summed E-state index contributed by atoms with van der Waals surface area (Å²) in [6, 6.07) is 17.2. The highest BCUT2D eigenvalue weighted by atomic mass is 32.2. The molecule has 0 saturated carbocycles. The number of anilines is 1. The lowest BCUT2D eigenvalue weighted by molar-refractivity contribution is 0.101. The van der Waals surface area contributed by atoms with Gasteiger partial charge in [0.05, 0.1) is 11.9 Å². The van der Waals surface area contributed by atoms with Crippen molar-refractivity contribution in [3.8, 4) is 11.4 Å². The number of amides is 1. The Balaban J connectivity index is 1.62. The zero-order valence-corrected chi connectivity index (χ0v) is 15.7. The number of carbonyl (C=O) groups is 1. The highest BCUT2D eigenvalue weighted by molar-refractivity contribution is 7.98. The zero-order chi connectivity index (χ0) is 19.5. The minimum absolute atomic E-state index is 0.338. The van der Waals surface area contributed by atoms with Crippen LogP contribution >= 0.6 is 11.8 Å². The summed E-state index contributed by atoms with van der Waals surface area (Å²) in [5.74, 6) is -0.270. The van der Waals surface area contributed by atoms with Crippen LogP contribution in [0.25, 0.3) is 11.4 Å². The summed E-state index contributed by atoms with van der Waals surface area (Å²) in [7, 11) is 0. The number of para-hydroxylation sites is 1. The highest BCUT2D eigenvalue weighted by Gasteiger charge is 2.18. The van der Waals surface area contributed by atoms with Gasteiger partial charge in [0.15, 0.2) is 11.0 Å². The Labute approximate surface area is 165 Å². The molecule has 0 aliphatic carbocycles. The third kappa shape index (κ3) is 3.54. The van der Waals surface area contributed by atoms with Gasteiger partial charge in [-0.05, 0) is 42.7 Å². The second-order valence-electron chi connectivity index (χ2n) is 5.88. The van der Waals surface area contributed by atoms with Gasteiger partial charge in [-0.2, -0.15) is 5.10 Å². The van der Waals surface area contributed by atoms with Crippen LogP contribution < -0.4 is 5.32 Å². The molecule has 2 heterocycles. The third-order valence-corrected chi connectivity index (χ3v) is 4.73. The van der Waals surface area contributed by atoms with Crippen LogP contribution in [0.1, 0.15) is 10.5 Å². The topological polar surface area (TPSA) is 64.7 Å². The van der Waals surface area contributed by atoms with Crippen LogP contribution in [0.3, 0.4) is 0 Å². The quantitative estimate of drug-likeness (QED) is 0.517. The molecule has 6 nitrogen and oxygen atoms in total. The summed E-state index contributed by atoms with van der Waals surface area (Å²) in [6.45, 7) is 0. The predicted octanol–water partition coefficient (Wildman–Crippen LogP) is 4.17. The SMILES string of the molecule is CSc1ncc(C(=O)Nc2ccn(-c3ccccc3)n2)n1-c1ccc(F)cc1. The minimum Gasteiger partial charge on any atom is -0.304 e. The van der Waals surface area contributed by atoms with E-state index < -0.39 is 0 Å². The summed E-state index contributed by atoms with van der Waals surface area (Å²) < 4.78 is 16.6. The largest absolute Gasteiger partial charge is 0.304 e. The van der Waals surface area contributed by atoms with E-state index >= 15 is 0 Å². The number of nitrogens with one attached hydrogen (secondary N) is 1. The molecule has 0 bridgehead atoms. The first-order valence-electron chi connectivity index (χ1n) is 8.46. The number of carbonyl (C=O) groups excluding carboxylic acids is 1. The molecule has 0 aliphatic heterocycles. The van der Waals surface area contributed by atoms with Crippen molar-refractivity contribution in [2.75, 3.05) is 11.6 Å². The van der Waals surface area contributed by atoms with E-state index in [0.29, 0.717) is 22.4 Å². The lowest BCUT2D eigenvalue weighted by Gasteiger charge is -2.10. The van der Waals surface area contributed by atoms with Crippen molar-refractivity contribution in [2.45, 2.75) is 5.16 Å². The Morgan fingerprint density at radius 3 is 2.50 bits per heavy atom. The Bertz CT molecular complexity index is 1110. The average molecular weight is 393 g/mol. The summed E-state index contributed by atoms with van der Waals surface area (Å²) in [5, 5.41) is 7.81. The number of hydrogen-bond donors (Lipinski definition) is 1. The standard InChI is InChI=1S/C20H16FN5OS/c1-28-20-22-13-17(26(20)16-9-7-14(21)8-10-16)19(27)23-18-11-12-25(24-18)15-5-3-2-4-6-15/h2-13H,1H3,(H,23,24,27). The van der Waals surface area contributed by atoms with Crippen LogP contribution in [0.15, 0.2) is 78.2 Å². The number of imidazole rings is 1. The Kier molecular flexibility index (Phi) is 4.94. The van der Waals surface area contributed by atoms with Crippen molar-refractivity contribution >= 4 is 23.5 Å². The van der Waals surface area contributed by atoms with Crippen LogP contribution in [0.5, 0.6) is 0 Å². The van der Waals surface area contributed by atoms with Gasteiger partial charge in [-0.15, -0.1) is 0 Å². The van der Waals surface area contributed by atoms with E-state index in [1.807, 2.05) is 36.6 Å². The monoisotopic (exact) mass is 393 g/mol. The number of benzene rings is 2. The van der Waals surface area contributed by atoms with Crippen LogP contribution in [-0.2, 0) is 0 Å². The van der Waals surface area contributed by atoms with Gasteiger partial charge in [-0.25, -0.2) is 14.1 Å². The first-order valence-corrected chi connectivity index (χ1v) is 9.68. The molecule has 0 saturated heterocycles. The molecule has 4 rings (SSSR count). The maximum absolute atomic E-state index is 13.3. The summed E-state index contributed by atoms with van der Waals surface area (Å²) >= 11 is 1.40. The zero-order valence-electron chi connectivity index (χ0n) is 14.9. The number of rotatable bonds is 5. The highest BCUT2D eigenvalue weighted by Crippen LogP contribution is 2.23. The molecule has 140 valence electrons. The molecule has 0 spiro atoms. The van der Waals surface area contributed by atoms with Gasteiger partial charge in [0.2, 0.25) is 0 Å². The second kappa shape index (κ2) is 7.69. The fourth-order valence-corrected chi connectivity index (χ4v) is 3.32. The molecule has 0 unspecified atom stereocenters. The molecule has 1 N–H and O–H groups in total. The van der Waals surface area contributed by atoms with Gasteiger partial charge in [0.1, 0.15) is 11.5 Å². The number of aromatic nitrogens is 4. The molecule has 0 aliphatic rings. The molecular weight excluding hydrogens is 377 g/mol. The first-order chi connectivity index (χ1) is 13.7. The number of halogens is 1. The molecule has 28 heavy (non-hydrogen) atoms. The van der Waals surface area contributed by atoms with Gasteiger partial charge in [0.25, 0.3) is 5.91 Å². The van der Waals surface area contributed by atoms with Gasteiger partial charge in [-0.3, -0.25) is 9.36 Å². The number of thioether (sulfide) groups is 1. The van der Waals surface area contributed by atoms with Crippen molar-refractivity contribution in [2.24, 2.45) is 0 Å². The second-order valence-corrected chi connectivity index (χ2v) is 6.65. The van der Waals surface area contributed by atoms with Gasteiger partial charge in [0, 0.05) is 18.0 Å². The smallest absolute Gasteiger partial charge is 0.275 e. The van der Waals surface area contributed by atoms with E-state index in [9.17, 15) is 9.18 Å². The minimum atomic E-state index is -0.351. The van der Waals surface area contributed by atoms with Crippen LogP contribution in [0, 0.1) is 5.82 Å². The molecular formula is C20H16FN5OS. The molecule has 1 amide bonds. The maximum atomic E-state index is 13.3. The lowest BCUT2D eigenvalue weighted by atomic mass is 10.3. The van der Waals surface area contributed by atoms with Crippen LogP contribution in [0.2, 0.25) is 0 Å². The Hall–Kier alpha value is -3.39. The van der Waals surface area contributed by atoms with E-state index in [4.69, 9.17) is 0 Å². The van der Waals surface area contributed by atoms with Crippen LogP contribution in [-0.4, -0.2) is 31.5 Å². The summed E-state index contributed by atoms with van der Waals surface area (Å²) in [6.07, 6.45) is 5.14. The summed E-state index contributed by atoms with van der Waals surface area (Å²) in [4.78, 5) is 17.1. The molecule has 8 heteroatoms. The molecule has 0 radical (unpaired) electrons. The number of nitrogens with zero attached hydrogens (tertiary/aromatic N) is 4. The predicted molar refractivity (Wildman–Crippen MR) is 107 cm³/mol. The molecule has 2 aromatic heterocycles. The molecule has 4 aromatic rings. The van der Waals surface area contributed by atoms with E-state index in [-0.39, 0.29) is 11.7 Å². The van der Waals surface area contributed by atoms with Crippen molar-refractivity contribution in [3.05, 3.63) is 84.6 Å². The molecule has 2 aromatic carbocycles. The van der Waals surface area contributed by atoms with Gasteiger partial charge in [-0.1, -0.05) is 30.0 Å². The maximum Gasteiger partial charge on any atom is 0.275 e. The third-order valence-electron chi connectivity index (χ3n) is 4.08. The number of hydrogen-bond acceptors (Lipinski definition) is 4. The summed E-state index contributed by atoms with van der Waals surface area (Å²) in [5.41, 5.74) is 1.89. The lowest BCUT2D eigenvalue weighted by Crippen LogP contribution is -2.17. The van der Waals surface area contributed by atoms with E-state index in [0.717, 1.165) is 5.69 Å². The van der Waals surface area contributed by atoms with Gasteiger partial charge < -0.3 is 5.32 Å². The van der Waals surface area contributed by atoms with Crippen molar-refractivity contribution in [1.29, 1.82) is 0 Å². The van der Waals surface area contributed by atoms with Gasteiger partial charge >= 0.3 is 0 Å². The van der Waals surface area contributed by atoms with E-state index in [2.05, 4.69) is 15.4 Å².